The molecule has 1 N–H and O–H groups in total. The van der Waals surface area contributed by atoms with Crippen molar-refractivity contribution < 1.29 is 19.4 Å². The van der Waals surface area contributed by atoms with Gasteiger partial charge in [-0.1, -0.05) is 18.7 Å². The molecule has 11 heavy (non-hydrogen) atoms. The molecule has 0 aromatic carbocycles. The fourth-order valence-corrected chi connectivity index (χ4v) is 0.827. The summed E-state index contributed by atoms with van der Waals surface area (Å²) in [5.41, 5.74) is 0. The van der Waals surface area contributed by atoms with Crippen molar-refractivity contribution in [2.24, 2.45) is 0 Å². The second kappa shape index (κ2) is 8.00. The van der Waals surface area contributed by atoms with Gasteiger partial charge in [0.25, 0.3) is 0 Å². The van der Waals surface area contributed by atoms with Gasteiger partial charge in [0.1, 0.15) is 12.7 Å². The predicted octanol–water partition coefficient (Wildman–Crippen LogP) is 0.554. The molecule has 0 atom stereocenters. The maximum Gasteiger partial charge on any atom is 0.190 e. The Balaban J connectivity index is 2.95. The van der Waals surface area contributed by atoms with E-state index in [0.29, 0.717) is 6.42 Å². The molecule has 5 heteroatoms. The Morgan fingerprint density at radius 2 is 2.27 bits per heavy atom. The second-order valence-corrected chi connectivity index (χ2v) is 2.62. The van der Waals surface area contributed by atoms with Gasteiger partial charge in [0.15, 0.2) is 11.9 Å². The van der Waals surface area contributed by atoms with Crippen molar-refractivity contribution in [3.63, 3.8) is 0 Å². The van der Waals surface area contributed by atoms with E-state index in [0.717, 1.165) is 11.8 Å². The van der Waals surface area contributed by atoms with Crippen molar-refractivity contribution in [3.05, 3.63) is 0 Å². The molecule has 0 aliphatic rings. The first kappa shape index (κ1) is 10.9. The van der Waals surface area contributed by atoms with Crippen LogP contribution in [0.15, 0.2) is 0 Å². The molecular weight excluding hydrogens is 168 g/mol. The topological polar surface area (TPSA) is 55.8 Å². The minimum Gasteiger partial charge on any atom is -0.371 e. The summed E-state index contributed by atoms with van der Waals surface area (Å²) in [6, 6.07) is 0. The molecule has 0 aliphatic carbocycles. The van der Waals surface area contributed by atoms with Crippen LogP contribution in [-0.4, -0.2) is 29.7 Å². The molecule has 0 amide bonds. The third kappa shape index (κ3) is 7.80. The first-order valence-corrected chi connectivity index (χ1v) is 4.21. The maximum absolute atomic E-state index is 10.6. The molecule has 66 valence electrons. The number of carbonyl (C=O) groups is 1. The summed E-state index contributed by atoms with van der Waals surface area (Å²) in [6.45, 7) is 1.46. The van der Waals surface area contributed by atoms with Crippen LogP contribution in [0.4, 0.5) is 0 Å². The van der Waals surface area contributed by atoms with E-state index in [4.69, 9.17) is 9.84 Å². The molecular formula is C6H12O4S. The van der Waals surface area contributed by atoms with Crippen molar-refractivity contribution in [1.29, 1.82) is 0 Å². The normalized spacial score (nSPS) is 10.0. The van der Waals surface area contributed by atoms with Gasteiger partial charge < -0.3 is 14.6 Å². The van der Waals surface area contributed by atoms with Gasteiger partial charge in [-0.15, -0.1) is 0 Å². The third-order valence-electron chi connectivity index (χ3n) is 0.850. The molecule has 0 bridgehead atoms. The number of hydrogen-bond donors (Lipinski definition) is 1. The number of ether oxygens (including phenoxy) is 2. The van der Waals surface area contributed by atoms with Crippen molar-refractivity contribution >= 4 is 16.9 Å². The lowest BCUT2D eigenvalue weighted by molar-refractivity contribution is -0.111. The fourth-order valence-electron chi connectivity index (χ4n) is 0.340. The Morgan fingerprint density at radius 1 is 1.55 bits per heavy atom. The van der Waals surface area contributed by atoms with Crippen LogP contribution in [0.2, 0.25) is 0 Å². The van der Waals surface area contributed by atoms with E-state index in [9.17, 15) is 4.79 Å². The Labute approximate surface area is 69.9 Å². The lowest BCUT2D eigenvalue weighted by Crippen LogP contribution is -2.01. The van der Waals surface area contributed by atoms with Gasteiger partial charge in [-0.05, 0) is 0 Å². The van der Waals surface area contributed by atoms with E-state index < -0.39 is 0 Å². The van der Waals surface area contributed by atoms with E-state index in [1.54, 1.807) is 6.92 Å². The molecule has 4 nitrogen and oxygen atoms in total. The molecule has 0 fully saturated rings. The first-order chi connectivity index (χ1) is 5.31. The summed E-state index contributed by atoms with van der Waals surface area (Å²) >= 11 is 1.10. The highest BCUT2D eigenvalue weighted by atomic mass is 32.2. The molecule has 0 saturated heterocycles. The summed E-state index contributed by atoms with van der Waals surface area (Å²) in [4.78, 5) is 10.6. The number of aliphatic hydroxyl groups is 1. The van der Waals surface area contributed by atoms with Gasteiger partial charge in [0, 0.05) is 6.42 Å². The van der Waals surface area contributed by atoms with Crippen molar-refractivity contribution in [3.8, 4) is 0 Å². The number of aliphatic hydroxyl groups excluding tert-OH is 1. The van der Waals surface area contributed by atoms with Crippen LogP contribution >= 0.6 is 11.8 Å². The predicted molar refractivity (Wildman–Crippen MR) is 41.9 cm³/mol. The Morgan fingerprint density at radius 3 is 2.82 bits per heavy atom. The van der Waals surface area contributed by atoms with E-state index in [2.05, 4.69) is 4.74 Å². The Hall–Kier alpha value is -0.100. The van der Waals surface area contributed by atoms with Crippen LogP contribution in [0.25, 0.3) is 0 Å². The quantitative estimate of drug-likeness (QED) is 0.478. The molecule has 0 rings (SSSR count). The van der Waals surface area contributed by atoms with Gasteiger partial charge in [-0.25, -0.2) is 0 Å². The zero-order valence-electron chi connectivity index (χ0n) is 6.41. The lowest BCUT2D eigenvalue weighted by Gasteiger charge is -2.00. The highest BCUT2D eigenvalue weighted by Gasteiger charge is 1.97. The maximum atomic E-state index is 10.6. The molecule has 0 radical (unpaired) electrons. The molecule has 0 aliphatic heterocycles. The molecule has 0 saturated carbocycles. The van der Waals surface area contributed by atoms with E-state index in [-0.39, 0.29) is 24.6 Å². The van der Waals surface area contributed by atoms with Crippen LogP contribution in [0.3, 0.4) is 0 Å². The van der Waals surface area contributed by atoms with Gasteiger partial charge in [0.05, 0.1) is 0 Å². The summed E-state index contributed by atoms with van der Waals surface area (Å²) in [5, 5.41) is 8.24. The van der Waals surface area contributed by atoms with Crippen LogP contribution in [0.1, 0.15) is 13.3 Å². The van der Waals surface area contributed by atoms with E-state index >= 15 is 0 Å². The number of thioether (sulfide) groups is 1. The van der Waals surface area contributed by atoms with Crippen LogP contribution in [0.5, 0.6) is 0 Å². The van der Waals surface area contributed by atoms with Gasteiger partial charge in [-0.2, -0.15) is 0 Å². The molecule has 0 heterocycles. The standard InChI is InChI=1S/C6H12O4S/c1-2-6(8)11-5-10-4-9-3-7/h7H,2-5H2,1H3. The average Bonchev–Trinajstić information content (AvgIpc) is 2.04. The summed E-state index contributed by atoms with van der Waals surface area (Å²) in [6.07, 6.45) is 0.509. The molecule has 0 aromatic heterocycles. The summed E-state index contributed by atoms with van der Waals surface area (Å²) < 4.78 is 9.26. The third-order valence-corrected chi connectivity index (χ3v) is 1.75. The minimum absolute atomic E-state index is 0.0283. The summed E-state index contributed by atoms with van der Waals surface area (Å²) in [5.74, 6) is 0.284. The number of carbonyl (C=O) groups excluding carboxylic acids is 1. The van der Waals surface area contributed by atoms with E-state index in [1.165, 1.54) is 0 Å². The summed E-state index contributed by atoms with van der Waals surface area (Å²) in [7, 11) is 0. The highest BCUT2D eigenvalue weighted by molar-refractivity contribution is 8.13. The molecule has 0 unspecified atom stereocenters. The zero-order chi connectivity index (χ0) is 8.53. The largest absolute Gasteiger partial charge is 0.371 e. The number of rotatable bonds is 6. The van der Waals surface area contributed by atoms with Gasteiger partial charge >= 0.3 is 0 Å². The molecule has 0 aromatic rings. The smallest absolute Gasteiger partial charge is 0.190 e. The fraction of sp³-hybridized carbons (Fsp3) is 0.833. The van der Waals surface area contributed by atoms with Gasteiger partial charge in [-0.3, -0.25) is 4.79 Å². The average molecular weight is 180 g/mol. The zero-order valence-corrected chi connectivity index (χ0v) is 7.23. The Kier molecular flexibility index (Phi) is 7.93. The lowest BCUT2D eigenvalue weighted by atomic mass is 10.6. The molecule has 0 spiro atoms. The SMILES string of the molecule is CCC(=O)SCOCOCO. The second-order valence-electron chi connectivity index (χ2n) is 1.64. The first-order valence-electron chi connectivity index (χ1n) is 3.23. The van der Waals surface area contributed by atoms with Crippen LogP contribution in [0, 0.1) is 0 Å². The van der Waals surface area contributed by atoms with E-state index in [1.807, 2.05) is 0 Å². The van der Waals surface area contributed by atoms with Crippen molar-refractivity contribution in [2.45, 2.75) is 13.3 Å². The minimum atomic E-state index is -0.355. The Bertz CT molecular complexity index is 107. The monoisotopic (exact) mass is 180 g/mol. The highest BCUT2D eigenvalue weighted by Crippen LogP contribution is 2.04. The van der Waals surface area contributed by atoms with Crippen LogP contribution in [-0.2, 0) is 14.3 Å². The van der Waals surface area contributed by atoms with Crippen molar-refractivity contribution in [2.75, 3.05) is 19.5 Å². The van der Waals surface area contributed by atoms with Crippen molar-refractivity contribution in [1.82, 2.24) is 0 Å². The van der Waals surface area contributed by atoms with Gasteiger partial charge in [0.2, 0.25) is 0 Å². The number of hydrogen-bond acceptors (Lipinski definition) is 5. The van der Waals surface area contributed by atoms with Crippen LogP contribution < -0.4 is 0 Å².